The van der Waals surface area contributed by atoms with E-state index in [1.807, 2.05) is 44.2 Å². The fourth-order valence-electron chi connectivity index (χ4n) is 2.05. The summed E-state index contributed by atoms with van der Waals surface area (Å²) in [6.07, 6.45) is -0.258. The van der Waals surface area contributed by atoms with E-state index in [-0.39, 0.29) is 12.1 Å². The van der Waals surface area contributed by atoms with Crippen molar-refractivity contribution in [1.29, 1.82) is 0 Å². The Kier molecular flexibility index (Phi) is 3.68. The quantitative estimate of drug-likeness (QED) is 0.772. The van der Waals surface area contributed by atoms with Crippen LogP contribution in [0.15, 0.2) is 30.3 Å². The Hall–Kier alpha value is -1.39. The third-order valence-electron chi connectivity index (χ3n) is 2.70. The van der Waals surface area contributed by atoms with Gasteiger partial charge in [-0.05, 0) is 19.4 Å². The van der Waals surface area contributed by atoms with Crippen LogP contribution < -0.4 is 0 Å². The van der Waals surface area contributed by atoms with Crippen LogP contribution in [0.3, 0.4) is 0 Å². The summed E-state index contributed by atoms with van der Waals surface area (Å²) in [6.45, 7) is 5.00. The molecule has 1 fully saturated rings. The molecule has 98 valence electrons. The van der Waals surface area contributed by atoms with Crippen LogP contribution in [-0.2, 0) is 25.4 Å². The van der Waals surface area contributed by atoms with Crippen molar-refractivity contribution in [2.75, 3.05) is 0 Å². The van der Waals surface area contributed by atoms with E-state index in [9.17, 15) is 4.79 Å². The van der Waals surface area contributed by atoms with Crippen LogP contribution in [0.4, 0.5) is 0 Å². The van der Waals surface area contributed by atoms with Gasteiger partial charge < -0.3 is 14.2 Å². The summed E-state index contributed by atoms with van der Waals surface area (Å²) in [6, 6.07) is 9.93. The Morgan fingerprint density at radius 1 is 1.28 bits per heavy atom. The first-order chi connectivity index (χ1) is 8.46. The predicted octanol–water partition coefficient (Wildman–Crippen LogP) is 2.27. The maximum Gasteiger partial charge on any atom is 0.305 e. The van der Waals surface area contributed by atoms with Gasteiger partial charge in [-0.3, -0.25) is 4.79 Å². The Morgan fingerprint density at radius 2 is 1.94 bits per heavy atom. The minimum atomic E-state index is -0.723. The highest BCUT2D eigenvalue weighted by Gasteiger charge is 2.43. The van der Waals surface area contributed by atoms with Crippen LogP contribution in [-0.4, -0.2) is 24.2 Å². The Labute approximate surface area is 107 Å². The lowest BCUT2D eigenvalue weighted by Gasteiger charge is -2.16. The third-order valence-corrected chi connectivity index (χ3v) is 2.70. The molecular weight excluding hydrogens is 232 g/mol. The van der Waals surface area contributed by atoms with E-state index in [1.54, 1.807) is 0 Å². The number of carbonyl (C=O) groups excluding carboxylic acids is 1. The lowest BCUT2D eigenvalue weighted by Crippen LogP contribution is -2.29. The van der Waals surface area contributed by atoms with Crippen LogP contribution >= 0.6 is 0 Å². The average Bonchev–Trinajstić information content (AvgIpc) is 2.53. The zero-order chi connectivity index (χ0) is 13.2. The van der Waals surface area contributed by atoms with Gasteiger partial charge in [-0.1, -0.05) is 30.3 Å². The topological polar surface area (TPSA) is 44.8 Å². The molecule has 0 saturated carbocycles. The van der Waals surface area contributed by atoms with Crippen LogP contribution in [0.1, 0.15) is 26.3 Å². The summed E-state index contributed by atoms with van der Waals surface area (Å²) in [4.78, 5) is 11.1. The zero-order valence-electron chi connectivity index (χ0n) is 10.9. The lowest BCUT2D eigenvalue weighted by molar-refractivity contribution is -0.196. The first-order valence-electron chi connectivity index (χ1n) is 6.03. The van der Waals surface area contributed by atoms with Gasteiger partial charge in [0.2, 0.25) is 6.29 Å². The normalized spacial score (nSPS) is 25.9. The molecule has 18 heavy (non-hydrogen) atoms. The SMILES string of the molecule is CC(=O)O[C@H]1OC(C)(C)O[C@H]1Cc1ccccc1. The van der Waals surface area contributed by atoms with E-state index in [2.05, 4.69) is 0 Å². The molecule has 1 aliphatic rings. The standard InChI is InChI=1S/C14H18O4/c1-10(15)16-13-12(17-14(2,3)18-13)9-11-7-5-4-6-8-11/h4-8,12-13H,9H2,1-3H3/t12-,13-/m0/s1. The largest absolute Gasteiger partial charge is 0.433 e. The van der Waals surface area contributed by atoms with Crippen LogP contribution in [0.5, 0.6) is 0 Å². The first-order valence-corrected chi connectivity index (χ1v) is 6.03. The summed E-state index contributed by atoms with van der Waals surface area (Å²) in [7, 11) is 0. The summed E-state index contributed by atoms with van der Waals surface area (Å²) >= 11 is 0. The number of hydrogen-bond acceptors (Lipinski definition) is 4. The van der Waals surface area contributed by atoms with Crippen LogP contribution in [0, 0.1) is 0 Å². The molecule has 1 aromatic carbocycles. The average molecular weight is 250 g/mol. The lowest BCUT2D eigenvalue weighted by atomic mass is 10.1. The smallest absolute Gasteiger partial charge is 0.305 e. The molecule has 4 nitrogen and oxygen atoms in total. The highest BCUT2D eigenvalue weighted by atomic mass is 16.8. The maximum atomic E-state index is 11.1. The second-order valence-corrected chi connectivity index (χ2v) is 4.84. The molecule has 0 radical (unpaired) electrons. The monoisotopic (exact) mass is 250 g/mol. The Bertz CT molecular complexity index is 413. The predicted molar refractivity (Wildman–Crippen MR) is 65.7 cm³/mol. The van der Waals surface area contributed by atoms with Crippen molar-refractivity contribution >= 4 is 5.97 Å². The van der Waals surface area contributed by atoms with E-state index in [1.165, 1.54) is 6.92 Å². The number of hydrogen-bond donors (Lipinski definition) is 0. The molecule has 2 rings (SSSR count). The molecule has 0 N–H and O–H groups in total. The molecule has 0 unspecified atom stereocenters. The highest BCUT2D eigenvalue weighted by Crippen LogP contribution is 2.30. The second-order valence-electron chi connectivity index (χ2n) is 4.84. The van der Waals surface area contributed by atoms with Crippen LogP contribution in [0.25, 0.3) is 0 Å². The maximum absolute atomic E-state index is 11.1. The van der Waals surface area contributed by atoms with Crippen molar-refractivity contribution < 1.29 is 19.0 Å². The van der Waals surface area contributed by atoms with Crippen molar-refractivity contribution in [1.82, 2.24) is 0 Å². The van der Waals surface area contributed by atoms with Gasteiger partial charge in [-0.2, -0.15) is 0 Å². The summed E-state index contributed by atoms with van der Waals surface area (Å²) in [5.74, 6) is -1.08. The number of esters is 1. The molecule has 0 aromatic heterocycles. The minimum absolute atomic E-state index is 0.272. The molecule has 0 spiro atoms. The summed E-state index contributed by atoms with van der Waals surface area (Å²) in [5, 5.41) is 0. The van der Waals surface area contributed by atoms with Crippen molar-refractivity contribution in [3.05, 3.63) is 35.9 Å². The van der Waals surface area contributed by atoms with Crippen molar-refractivity contribution in [3.63, 3.8) is 0 Å². The number of rotatable bonds is 3. The van der Waals surface area contributed by atoms with E-state index in [4.69, 9.17) is 14.2 Å². The Morgan fingerprint density at radius 3 is 2.56 bits per heavy atom. The van der Waals surface area contributed by atoms with Gasteiger partial charge in [0.05, 0.1) is 0 Å². The van der Waals surface area contributed by atoms with Crippen molar-refractivity contribution in [2.24, 2.45) is 0 Å². The molecule has 1 aromatic rings. The number of benzene rings is 1. The van der Waals surface area contributed by atoms with Crippen molar-refractivity contribution in [2.45, 2.75) is 45.4 Å². The molecule has 1 heterocycles. The van der Waals surface area contributed by atoms with Crippen LogP contribution in [0.2, 0.25) is 0 Å². The molecule has 0 amide bonds. The van der Waals surface area contributed by atoms with Gasteiger partial charge in [0.15, 0.2) is 5.79 Å². The molecule has 1 aliphatic heterocycles. The molecule has 0 bridgehead atoms. The van der Waals surface area contributed by atoms with E-state index >= 15 is 0 Å². The summed E-state index contributed by atoms with van der Waals surface area (Å²) in [5.41, 5.74) is 1.13. The number of carbonyl (C=O) groups is 1. The van der Waals surface area contributed by atoms with E-state index < -0.39 is 12.1 Å². The van der Waals surface area contributed by atoms with Crippen molar-refractivity contribution in [3.8, 4) is 0 Å². The fraction of sp³-hybridized carbons (Fsp3) is 0.500. The van der Waals surface area contributed by atoms with E-state index in [0.717, 1.165) is 5.56 Å². The molecular formula is C14H18O4. The molecule has 4 heteroatoms. The zero-order valence-corrected chi connectivity index (χ0v) is 10.9. The fourth-order valence-corrected chi connectivity index (χ4v) is 2.05. The van der Waals surface area contributed by atoms with Gasteiger partial charge >= 0.3 is 5.97 Å². The molecule has 0 aliphatic carbocycles. The molecule has 1 saturated heterocycles. The third kappa shape index (κ3) is 3.31. The van der Waals surface area contributed by atoms with Gasteiger partial charge in [0.1, 0.15) is 6.10 Å². The number of ether oxygens (including phenoxy) is 3. The first kappa shape index (κ1) is 13.1. The summed E-state index contributed by atoms with van der Waals surface area (Å²) < 4.78 is 16.5. The minimum Gasteiger partial charge on any atom is -0.433 e. The van der Waals surface area contributed by atoms with Gasteiger partial charge in [0.25, 0.3) is 0 Å². The van der Waals surface area contributed by atoms with Gasteiger partial charge in [-0.15, -0.1) is 0 Å². The highest BCUT2D eigenvalue weighted by molar-refractivity contribution is 5.66. The second kappa shape index (κ2) is 5.08. The van der Waals surface area contributed by atoms with E-state index in [0.29, 0.717) is 6.42 Å². The molecule has 2 atom stereocenters. The van der Waals surface area contributed by atoms with Gasteiger partial charge in [0, 0.05) is 13.3 Å². The van der Waals surface area contributed by atoms with Gasteiger partial charge in [-0.25, -0.2) is 0 Å². The Balaban J connectivity index is 2.07.